The summed E-state index contributed by atoms with van der Waals surface area (Å²) in [6.45, 7) is 7.31. The molecule has 6 heteroatoms. The summed E-state index contributed by atoms with van der Waals surface area (Å²) in [5.74, 6) is -0.404. The number of rotatable bonds is 5. The zero-order valence-corrected chi connectivity index (χ0v) is 12.1. The average molecular weight is 272 g/mol. The zero-order chi connectivity index (χ0) is 14.4. The monoisotopic (exact) mass is 272 g/mol. The third-order valence-electron chi connectivity index (χ3n) is 3.49. The standard InChI is InChI=1S/C13H24N2O4/c1-5-9(2)14-12(16)10(3)15-6-7-19-11(8-15)13(17)18-4/h9-11H,5-8H2,1-4H3,(H,14,16). The number of hydrogen-bond acceptors (Lipinski definition) is 5. The van der Waals surface area contributed by atoms with Crippen LogP contribution in [0, 0.1) is 0 Å². The molecule has 0 aromatic heterocycles. The number of hydrogen-bond donors (Lipinski definition) is 1. The highest BCUT2D eigenvalue weighted by Gasteiger charge is 2.32. The van der Waals surface area contributed by atoms with Crippen molar-refractivity contribution in [2.75, 3.05) is 26.8 Å². The van der Waals surface area contributed by atoms with Crippen LogP contribution in [0.2, 0.25) is 0 Å². The van der Waals surface area contributed by atoms with E-state index in [-0.39, 0.29) is 24.0 Å². The van der Waals surface area contributed by atoms with Crippen LogP contribution in [0.25, 0.3) is 0 Å². The lowest BCUT2D eigenvalue weighted by Crippen LogP contribution is -2.54. The van der Waals surface area contributed by atoms with E-state index in [1.54, 1.807) is 0 Å². The molecule has 1 fully saturated rings. The fraction of sp³-hybridized carbons (Fsp3) is 0.846. The molecule has 0 spiro atoms. The lowest BCUT2D eigenvalue weighted by molar-refractivity contribution is -0.161. The average Bonchev–Trinajstić information content (AvgIpc) is 2.45. The van der Waals surface area contributed by atoms with Gasteiger partial charge in [0.1, 0.15) is 0 Å². The molecule has 0 saturated carbocycles. The molecule has 0 bridgehead atoms. The Morgan fingerprint density at radius 3 is 2.74 bits per heavy atom. The summed E-state index contributed by atoms with van der Waals surface area (Å²) in [5.41, 5.74) is 0. The van der Waals surface area contributed by atoms with Gasteiger partial charge >= 0.3 is 5.97 Å². The Morgan fingerprint density at radius 2 is 2.16 bits per heavy atom. The van der Waals surface area contributed by atoms with Crippen molar-refractivity contribution in [3.05, 3.63) is 0 Å². The van der Waals surface area contributed by atoms with Gasteiger partial charge in [-0.3, -0.25) is 9.69 Å². The van der Waals surface area contributed by atoms with Crippen molar-refractivity contribution in [1.82, 2.24) is 10.2 Å². The number of nitrogens with one attached hydrogen (secondary N) is 1. The second kappa shape index (κ2) is 7.45. The molecule has 1 N–H and O–H groups in total. The summed E-state index contributed by atoms with van der Waals surface area (Å²) >= 11 is 0. The molecule has 1 aliphatic rings. The van der Waals surface area contributed by atoms with E-state index in [0.29, 0.717) is 19.7 Å². The summed E-state index contributed by atoms with van der Waals surface area (Å²) in [7, 11) is 1.34. The van der Waals surface area contributed by atoms with Crippen LogP contribution >= 0.6 is 0 Å². The van der Waals surface area contributed by atoms with Gasteiger partial charge in [-0.15, -0.1) is 0 Å². The van der Waals surface area contributed by atoms with Crippen molar-refractivity contribution in [3.8, 4) is 0 Å². The normalized spacial score (nSPS) is 23.5. The third kappa shape index (κ3) is 4.47. The minimum Gasteiger partial charge on any atom is -0.467 e. The second-order valence-corrected chi connectivity index (χ2v) is 4.87. The molecular formula is C13H24N2O4. The number of amides is 1. The zero-order valence-electron chi connectivity index (χ0n) is 12.1. The number of esters is 1. The van der Waals surface area contributed by atoms with Gasteiger partial charge in [0.2, 0.25) is 5.91 Å². The van der Waals surface area contributed by atoms with Gasteiger partial charge in [0.25, 0.3) is 0 Å². The smallest absolute Gasteiger partial charge is 0.336 e. The number of carbonyl (C=O) groups excluding carboxylic acids is 2. The maximum absolute atomic E-state index is 12.0. The first kappa shape index (κ1) is 15.9. The molecule has 0 radical (unpaired) electrons. The molecule has 0 aliphatic carbocycles. The highest BCUT2D eigenvalue weighted by molar-refractivity contribution is 5.82. The third-order valence-corrected chi connectivity index (χ3v) is 3.49. The molecule has 0 aromatic carbocycles. The molecule has 1 saturated heterocycles. The van der Waals surface area contributed by atoms with E-state index in [1.165, 1.54) is 7.11 Å². The largest absolute Gasteiger partial charge is 0.467 e. The van der Waals surface area contributed by atoms with Crippen LogP contribution in [0.4, 0.5) is 0 Å². The summed E-state index contributed by atoms with van der Waals surface area (Å²) < 4.78 is 10.0. The van der Waals surface area contributed by atoms with E-state index < -0.39 is 6.10 Å². The highest BCUT2D eigenvalue weighted by Crippen LogP contribution is 2.10. The van der Waals surface area contributed by atoms with Gasteiger partial charge < -0.3 is 14.8 Å². The van der Waals surface area contributed by atoms with Gasteiger partial charge in [-0.2, -0.15) is 0 Å². The van der Waals surface area contributed by atoms with Gasteiger partial charge in [0, 0.05) is 19.1 Å². The summed E-state index contributed by atoms with van der Waals surface area (Å²) in [6.07, 6.45) is 0.296. The van der Waals surface area contributed by atoms with Crippen molar-refractivity contribution in [2.24, 2.45) is 0 Å². The maximum atomic E-state index is 12.0. The molecule has 1 heterocycles. The lowest BCUT2D eigenvalue weighted by Gasteiger charge is -2.35. The van der Waals surface area contributed by atoms with Crippen LogP contribution in [-0.4, -0.2) is 61.8 Å². The highest BCUT2D eigenvalue weighted by atomic mass is 16.6. The molecule has 110 valence electrons. The maximum Gasteiger partial charge on any atom is 0.336 e. The van der Waals surface area contributed by atoms with Crippen LogP contribution in [0.3, 0.4) is 0 Å². The fourth-order valence-electron chi connectivity index (χ4n) is 1.93. The molecule has 3 atom stereocenters. The number of ether oxygens (including phenoxy) is 2. The van der Waals surface area contributed by atoms with Crippen molar-refractivity contribution in [3.63, 3.8) is 0 Å². The number of morpholine rings is 1. The number of methoxy groups -OCH3 is 1. The van der Waals surface area contributed by atoms with Gasteiger partial charge in [-0.1, -0.05) is 6.92 Å². The van der Waals surface area contributed by atoms with E-state index >= 15 is 0 Å². The molecule has 19 heavy (non-hydrogen) atoms. The molecule has 0 aromatic rings. The number of carbonyl (C=O) groups is 2. The molecule has 3 unspecified atom stereocenters. The fourth-order valence-corrected chi connectivity index (χ4v) is 1.93. The van der Waals surface area contributed by atoms with Crippen LogP contribution in [-0.2, 0) is 19.1 Å². The second-order valence-electron chi connectivity index (χ2n) is 4.87. The molecule has 1 amide bonds. The topological polar surface area (TPSA) is 67.9 Å². The van der Waals surface area contributed by atoms with Crippen LogP contribution in [0.1, 0.15) is 27.2 Å². The molecule has 1 aliphatic heterocycles. The predicted molar refractivity (Wildman–Crippen MR) is 70.7 cm³/mol. The number of nitrogens with zero attached hydrogens (tertiary/aromatic N) is 1. The van der Waals surface area contributed by atoms with E-state index in [2.05, 4.69) is 10.1 Å². The Morgan fingerprint density at radius 1 is 1.47 bits per heavy atom. The van der Waals surface area contributed by atoms with Crippen molar-refractivity contribution >= 4 is 11.9 Å². The van der Waals surface area contributed by atoms with Crippen LogP contribution < -0.4 is 5.32 Å². The summed E-state index contributed by atoms with van der Waals surface area (Å²) in [6, 6.07) is -0.113. The summed E-state index contributed by atoms with van der Waals surface area (Å²) in [5, 5.41) is 2.95. The lowest BCUT2D eigenvalue weighted by atomic mass is 10.1. The van der Waals surface area contributed by atoms with E-state index in [0.717, 1.165) is 6.42 Å². The SMILES string of the molecule is CCC(C)NC(=O)C(C)N1CCOC(C(=O)OC)C1. The van der Waals surface area contributed by atoms with Gasteiger partial charge in [-0.05, 0) is 20.3 Å². The summed E-state index contributed by atoms with van der Waals surface area (Å²) in [4.78, 5) is 25.4. The Labute approximate surface area is 114 Å². The van der Waals surface area contributed by atoms with Gasteiger partial charge in [0.15, 0.2) is 6.10 Å². The minimum atomic E-state index is -0.599. The van der Waals surface area contributed by atoms with E-state index in [9.17, 15) is 9.59 Å². The Kier molecular flexibility index (Phi) is 6.24. The molecule has 6 nitrogen and oxygen atoms in total. The van der Waals surface area contributed by atoms with E-state index in [1.807, 2.05) is 25.7 Å². The Balaban J connectivity index is 2.54. The molecular weight excluding hydrogens is 248 g/mol. The minimum absolute atomic E-state index is 0.0140. The quantitative estimate of drug-likeness (QED) is 0.722. The predicted octanol–water partition coefficient (Wildman–Crippen LogP) is 0.163. The Hall–Kier alpha value is -1.14. The van der Waals surface area contributed by atoms with Crippen molar-refractivity contribution in [1.29, 1.82) is 0 Å². The van der Waals surface area contributed by atoms with Crippen molar-refractivity contribution in [2.45, 2.75) is 45.4 Å². The first-order valence-corrected chi connectivity index (χ1v) is 6.73. The van der Waals surface area contributed by atoms with Crippen LogP contribution in [0.5, 0.6) is 0 Å². The first-order chi connectivity index (χ1) is 8.99. The molecule has 1 rings (SSSR count). The van der Waals surface area contributed by atoms with Gasteiger partial charge in [0.05, 0.1) is 19.8 Å². The first-order valence-electron chi connectivity index (χ1n) is 6.73. The van der Waals surface area contributed by atoms with Crippen LogP contribution in [0.15, 0.2) is 0 Å². The van der Waals surface area contributed by atoms with E-state index in [4.69, 9.17) is 4.74 Å². The van der Waals surface area contributed by atoms with Gasteiger partial charge in [-0.25, -0.2) is 4.79 Å². The van der Waals surface area contributed by atoms with Crippen molar-refractivity contribution < 1.29 is 19.1 Å². The Bertz CT molecular complexity index is 322.